The Hall–Kier alpha value is -3.66. The second-order valence-electron chi connectivity index (χ2n) is 5.47. The molecule has 0 aliphatic rings. The first kappa shape index (κ1) is 18.1. The number of hydrogen-bond acceptors (Lipinski definition) is 9. The molecule has 0 fully saturated rings. The van der Waals surface area contributed by atoms with E-state index < -0.39 is 0 Å². The summed E-state index contributed by atoms with van der Waals surface area (Å²) in [6, 6.07) is 7.12. The van der Waals surface area contributed by atoms with Crippen LogP contribution in [0, 0.1) is 5.53 Å². The zero-order valence-electron chi connectivity index (χ0n) is 14.4. The van der Waals surface area contributed by atoms with E-state index in [1.807, 2.05) is 12.1 Å². The van der Waals surface area contributed by atoms with Crippen LogP contribution in [0.25, 0.3) is 11.2 Å². The van der Waals surface area contributed by atoms with Gasteiger partial charge in [0.05, 0.1) is 31.1 Å². The molecule has 0 spiro atoms. The molecule has 0 radical (unpaired) electrons. The number of anilines is 1. The molecule has 0 saturated heterocycles. The maximum absolute atomic E-state index is 8.83. The molecule has 0 unspecified atom stereocenters. The molecule has 0 bridgehead atoms. The van der Waals surface area contributed by atoms with Crippen LogP contribution in [0.5, 0.6) is 0 Å². The van der Waals surface area contributed by atoms with E-state index in [9.17, 15) is 0 Å². The van der Waals surface area contributed by atoms with E-state index in [1.54, 1.807) is 35.3 Å². The summed E-state index contributed by atoms with van der Waals surface area (Å²) in [5, 5.41) is 19.9. The summed E-state index contributed by atoms with van der Waals surface area (Å²) >= 11 is 0. The number of nitrogens with one attached hydrogen (secondary N) is 2. The Morgan fingerprint density at radius 1 is 1.33 bits per heavy atom. The minimum atomic E-state index is -0.0422. The molecule has 3 aromatic rings. The van der Waals surface area contributed by atoms with E-state index in [1.165, 1.54) is 6.20 Å². The van der Waals surface area contributed by atoms with Crippen LogP contribution < -0.4 is 11.1 Å². The van der Waals surface area contributed by atoms with Gasteiger partial charge in [0, 0.05) is 30.4 Å². The molecule has 5 N–H and O–H groups in total. The van der Waals surface area contributed by atoms with Crippen LogP contribution in [0.4, 0.5) is 11.5 Å². The largest absolute Gasteiger partial charge is 0.404 e. The predicted octanol–water partition coefficient (Wildman–Crippen LogP) is 1.76. The van der Waals surface area contributed by atoms with Gasteiger partial charge in [-0.2, -0.15) is 10.2 Å². The average Bonchev–Trinajstić information content (AvgIpc) is 3.17. The summed E-state index contributed by atoms with van der Waals surface area (Å²) in [6.45, 7) is 0.637. The lowest BCUT2D eigenvalue weighted by Gasteiger charge is -2.10. The van der Waals surface area contributed by atoms with Gasteiger partial charge in [0.1, 0.15) is 5.69 Å². The Balaban J connectivity index is 1.81. The molecular weight excluding hydrogens is 346 g/mol. The number of rotatable bonds is 8. The van der Waals surface area contributed by atoms with Gasteiger partial charge in [-0.1, -0.05) is 0 Å². The van der Waals surface area contributed by atoms with Crippen molar-refractivity contribution in [3.63, 3.8) is 0 Å². The summed E-state index contributed by atoms with van der Waals surface area (Å²) in [6.07, 6.45) is 6.39. The van der Waals surface area contributed by atoms with Gasteiger partial charge in [0.2, 0.25) is 0 Å². The van der Waals surface area contributed by atoms with E-state index in [2.05, 4.69) is 30.5 Å². The number of imidazole rings is 1. The zero-order valence-corrected chi connectivity index (χ0v) is 14.4. The lowest BCUT2D eigenvalue weighted by Crippen LogP contribution is -2.07. The van der Waals surface area contributed by atoms with Crippen LogP contribution in [0.1, 0.15) is 11.4 Å². The quantitative estimate of drug-likeness (QED) is 0.353. The number of aliphatic hydroxyl groups is 1. The van der Waals surface area contributed by atoms with Crippen molar-refractivity contribution in [1.82, 2.24) is 19.6 Å². The van der Waals surface area contributed by atoms with Crippen LogP contribution in [-0.4, -0.2) is 44.1 Å². The average molecular weight is 365 g/mol. The van der Waals surface area contributed by atoms with Crippen molar-refractivity contribution in [2.75, 3.05) is 18.5 Å². The molecule has 10 heteroatoms. The second kappa shape index (κ2) is 8.63. The van der Waals surface area contributed by atoms with Gasteiger partial charge in [-0.25, -0.2) is 20.0 Å². The Morgan fingerprint density at radius 2 is 2.22 bits per heavy atom. The summed E-state index contributed by atoms with van der Waals surface area (Å²) in [5.74, 6) is 0.435. The summed E-state index contributed by atoms with van der Waals surface area (Å²) in [7, 11) is 0. The summed E-state index contributed by atoms with van der Waals surface area (Å²) in [4.78, 5) is 12.7. The Labute approximate surface area is 155 Å². The Bertz CT molecular complexity index is 993. The SMILES string of the molecule is N=Nc1ccc(C(C=NCCO)=CN)nc1NCc1ccc2nccn2n1. The lowest BCUT2D eigenvalue weighted by molar-refractivity contribution is 0.307. The highest BCUT2D eigenvalue weighted by atomic mass is 16.3. The van der Waals surface area contributed by atoms with Crippen LogP contribution in [0.15, 0.2) is 53.0 Å². The van der Waals surface area contributed by atoms with Gasteiger partial charge in [-0.3, -0.25) is 4.99 Å². The molecule has 0 aliphatic carbocycles. The molecule has 3 rings (SSSR count). The number of pyridine rings is 1. The van der Waals surface area contributed by atoms with Crippen molar-refractivity contribution in [3.8, 4) is 0 Å². The molecule has 138 valence electrons. The van der Waals surface area contributed by atoms with Crippen LogP contribution >= 0.6 is 0 Å². The van der Waals surface area contributed by atoms with E-state index in [4.69, 9.17) is 16.4 Å². The minimum absolute atomic E-state index is 0.0422. The first-order valence-electron chi connectivity index (χ1n) is 8.19. The van der Waals surface area contributed by atoms with Crippen molar-refractivity contribution in [3.05, 3.63) is 54.2 Å². The van der Waals surface area contributed by atoms with Gasteiger partial charge in [-0.15, -0.1) is 0 Å². The highest BCUT2D eigenvalue weighted by Gasteiger charge is 2.09. The number of aliphatic hydroxyl groups excluding tert-OH is 1. The molecule has 3 aromatic heterocycles. The fourth-order valence-electron chi connectivity index (χ4n) is 2.37. The molecule has 10 nitrogen and oxygen atoms in total. The fraction of sp³-hybridized carbons (Fsp3) is 0.176. The number of hydrogen-bond donors (Lipinski definition) is 4. The Morgan fingerprint density at radius 3 is 3.00 bits per heavy atom. The van der Waals surface area contributed by atoms with Crippen molar-refractivity contribution in [2.24, 2.45) is 15.8 Å². The third-order valence-corrected chi connectivity index (χ3v) is 3.68. The molecular formula is C17H19N9O. The second-order valence-corrected chi connectivity index (χ2v) is 5.47. The monoisotopic (exact) mass is 365 g/mol. The third kappa shape index (κ3) is 4.30. The summed E-state index contributed by atoms with van der Waals surface area (Å²) in [5.41, 5.74) is 16.1. The standard InChI is InChI=1S/C17H19N9O/c18-9-12(10-20-6-8-27)14-2-3-15(24-19)17(23-14)22-11-13-1-4-16-21-5-7-26(16)25-13/h1-5,7,9-10,19,27H,6,8,11,18H2,(H,22,23). The predicted molar refractivity (Wildman–Crippen MR) is 102 cm³/mol. The van der Waals surface area contributed by atoms with Crippen LogP contribution in [0.3, 0.4) is 0 Å². The number of fused-ring (bicyclic) bond motifs is 1. The molecule has 0 atom stereocenters. The van der Waals surface area contributed by atoms with Crippen LogP contribution in [-0.2, 0) is 6.54 Å². The van der Waals surface area contributed by atoms with Gasteiger partial charge in [0.15, 0.2) is 11.5 Å². The highest BCUT2D eigenvalue weighted by Crippen LogP contribution is 2.25. The van der Waals surface area contributed by atoms with E-state index >= 15 is 0 Å². The third-order valence-electron chi connectivity index (χ3n) is 3.68. The van der Waals surface area contributed by atoms with Crippen molar-refractivity contribution in [2.45, 2.75) is 6.54 Å². The first-order chi connectivity index (χ1) is 13.2. The van der Waals surface area contributed by atoms with Crippen molar-refractivity contribution >= 4 is 28.9 Å². The van der Waals surface area contributed by atoms with Crippen molar-refractivity contribution < 1.29 is 5.11 Å². The molecule has 0 aromatic carbocycles. The van der Waals surface area contributed by atoms with E-state index in [-0.39, 0.29) is 13.2 Å². The topological polar surface area (TPSA) is 150 Å². The van der Waals surface area contributed by atoms with Crippen LogP contribution in [0.2, 0.25) is 0 Å². The molecule has 3 heterocycles. The number of allylic oxidation sites excluding steroid dienone is 1. The molecule has 0 saturated carbocycles. The maximum atomic E-state index is 8.83. The number of aliphatic imine (C=N–C) groups is 1. The Kier molecular flexibility index (Phi) is 5.80. The van der Waals surface area contributed by atoms with Gasteiger partial charge in [-0.05, 0) is 24.3 Å². The summed E-state index contributed by atoms with van der Waals surface area (Å²) < 4.78 is 1.68. The lowest BCUT2D eigenvalue weighted by atomic mass is 10.2. The van der Waals surface area contributed by atoms with E-state index in [0.29, 0.717) is 29.3 Å². The molecule has 27 heavy (non-hydrogen) atoms. The maximum Gasteiger partial charge on any atom is 0.154 e. The molecule has 0 amide bonds. The number of nitrogens with zero attached hydrogens (tertiary/aromatic N) is 6. The zero-order chi connectivity index (χ0) is 19.1. The minimum Gasteiger partial charge on any atom is -0.404 e. The number of nitrogens with two attached hydrogens (primary N) is 1. The van der Waals surface area contributed by atoms with Crippen molar-refractivity contribution in [1.29, 1.82) is 5.53 Å². The number of aromatic nitrogens is 4. The van der Waals surface area contributed by atoms with E-state index in [0.717, 1.165) is 11.3 Å². The van der Waals surface area contributed by atoms with Gasteiger partial charge in [0.25, 0.3) is 0 Å². The van der Waals surface area contributed by atoms with Gasteiger partial charge >= 0.3 is 0 Å². The smallest absolute Gasteiger partial charge is 0.154 e. The van der Waals surface area contributed by atoms with Gasteiger partial charge < -0.3 is 16.2 Å². The first-order valence-corrected chi connectivity index (χ1v) is 8.19. The fourth-order valence-corrected chi connectivity index (χ4v) is 2.37. The molecule has 0 aliphatic heterocycles. The highest BCUT2D eigenvalue weighted by molar-refractivity contribution is 6.09. The normalized spacial score (nSPS) is 12.0.